The Kier molecular flexibility index (Phi) is 7.50. The number of aromatic nitrogens is 1. The van der Waals surface area contributed by atoms with Crippen molar-refractivity contribution in [2.24, 2.45) is 0 Å². The number of carboxylic acid groups (broad SMARTS) is 1. The number of fused-ring (bicyclic) bond motifs is 2. The maximum Gasteiger partial charge on any atom is 0.512 e. The van der Waals surface area contributed by atoms with Crippen LogP contribution in [0.4, 0.5) is 4.79 Å². The first-order valence-corrected chi connectivity index (χ1v) is 13.6. The van der Waals surface area contributed by atoms with Gasteiger partial charge in [-0.05, 0) is 46.5 Å². The number of para-hydroxylation sites is 1. The minimum absolute atomic E-state index is 0.253. The first-order valence-electron chi connectivity index (χ1n) is 13.6. The van der Waals surface area contributed by atoms with E-state index in [0.717, 1.165) is 55.2 Å². The summed E-state index contributed by atoms with van der Waals surface area (Å²) in [7, 11) is 0. The average molecular weight is 540 g/mol. The van der Waals surface area contributed by atoms with Crippen molar-refractivity contribution in [3.63, 3.8) is 0 Å². The number of rotatable bonds is 9. The van der Waals surface area contributed by atoms with Crippen LogP contribution in [0.1, 0.15) is 23.1 Å². The van der Waals surface area contributed by atoms with Crippen LogP contribution >= 0.6 is 0 Å². The van der Waals surface area contributed by atoms with Crippen molar-refractivity contribution in [1.29, 1.82) is 0 Å². The largest absolute Gasteiger partial charge is 0.512 e. The monoisotopic (exact) mass is 539 g/mol. The van der Waals surface area contributed by atoms with Gasteiger partial charge in [-0.1, -0.05) is 121 Å². The van der Waals surface area contributed by atoms with Crippen LogP contribution in [0.2, 0.25) is 0 Å². The molecule has 6 aromatic rings. The van der Waals surface area contributed by atoms with Gasteiger partial charge in [0.05, 0.1) is 12.1 Å². The minimum atomic E-state index is -1.35. The molecule has 0 saturated heterocycles. The van der Waals surface area contributed by atoms with Gasteiger partial charge in [0, 0.05) is 16.3 Å². The molecule has 1 heterocycles. The zero-order valence-electron chi connectivity index (χ0n) is 22.4. The van der Waals surface area contributed by atoms with Gasteiger partial charge in [0.1, 0.15) is 5.75 Å². The van der Waals surface area contributed by atoms with E-state index in [1.54, 1.807) is 0 Å². The summed E-state index contributed by atoms with van der Waals surface area (Å²) in [5.74, 6) is 1.09. The van der Waals surface area contributed by atoms with Gasteiger partial charge < -0.3 is 19.6 Å². The Hall–Kier alpha value is -5.29. The lowest BCUT2D eigenvalue weighted by atomic mass is 9.98. The fourth-order valence-electron chi connectivity index (χ4n) is 5.29. The summed E-state index contributed by atoms with van der Waals surface area (Å²) in [5, 5.41) is 12.6. The van der Waals surface area contributed by atoms with E-state index < -0.39 is 6.16 Å². The Labute approximate surface area is 238 Å². The van der Waals surface area contributed by atoms with E-state index in [2.05, 4.69) is 59.6 Å². The summed E-state index contributed by atoms with van der Waals surface area (Å²) < 4.78 is 11.3. The predicted octanol–water partition coefficient (Wildman–Crippen LogP) is 9.23. The van der Waals surface area contributed by atoms with Gasteiger partial charge in [0.25, 0.3) is 0 Å². The molecule has 0 atom stereocenters. The van der Waals surface area contributed by atoms with Crippen molar-refractivity contribution in [2.75, 3.05) is 6.61 Å². The number of aryl methyl sites for hydroxylation is 1. The zero-order valence-corrected chi connectivity index (χ0v) is 22.4. The van der Waals surface area contributed by atoms with Crippen LogP contribution in [-0.2, 0) is 6.42 Å². The first kappa shape index (κ1) is 26.0. The van der Waals surface area contributed by atoms with Gasteiger partial charge in [-0.25, -0.2) is 4.79 Å². The van der Waals surface area contributed by atoms with Gasteiger partial charge in [0.2, 0.25) is 5.88 Å². The third-order valence-electron chi connectivity index (χ3n) is 7.19. The van der Waals surface area contributed by atoms with Crippen LogP contribution in [0.25, 0.3) is 45.0 Å². The smallest absolute Gasteiger partial charge is 0.493 e. The highest BCUT2D eigenvalue weighted by Crippen LogP contribution is 2.33. The molecule has 0 aliphatic carbocycles. The fourth-order valence-corrected chi connectivity index (χ4v) is 5.29. The molecule has 202 valence electrons. The summed E-state index contributed by atoms with van der Waals surface area (Å²) in [6.45, 7) is 0.489. The molecule has 5 heteroatoms. The quantitative estimate of drug-likeness (QED) is 0.109. The van der Waals surface area contributed by atoms with Crippen molar-refractivity contribution in [3.05, 3.63) is 132 Å². The molecule has 0 aliphatic rings. The predicted molar refractivity (Wildman–Crippen MR) is 166 cm³/mol. The number of nitrogens with one attached hydrogen (secondary N) is 1. The van der Waals surface area contributed by atoms with Crippen LogP contribution in [0, 0.1) is 0 Å². The molecule has 0 spiro atoms. The topological polar surface area (TPSA) is 71.5 Å². The molecule has 0 amide bonds. The molecule has 0 aliphatic heterocycles. The second-order valence-electron chi connectivity index (χ2n) is 9.79. The zero-order chi connectivity index (χ0) is 28.0. The lowest BCUT2D eigenvalue weighted by Crippen LogP contribution is -2.06. The summed E-state index contributed by atoms with van der Waals surface area (Å²) in [4.78, 5) is 14.8. The lowest BCUT2D eigenvalue weighted by Gasteiger charge is -2.09. The van der Waals surface area contributed by atoms with E-state index >= 15 is 0 Å². The standard InChI is InChI=1S/C36H29NO4/c38-36(39)41-35-32(20-10-24-40-33-21-9-15-26-13-5-7-18-30(26)33)31-19-8-16-28(34(31)37-35)23-22-27-14-4-6-17-29(27)25-11-2-1-3-12-25/h1-9,11-19,21-23,37H,10,20,24H2,(H,38,39)/b23-22+. The number of benzene rings is 5. The third-order valence-corrected chi connectivity index (χ3v) is 7.19. The maximum atomic E-state index is 11.5. The van der Waals surface area contributed by atoms with E-state index in [1.807, 2.05) is 72.8 Å². The van der Waals surface area contributed by atoms with E-state index in [0.29, 0.717) is 19.4 Å². The maximum absolute atomic E-state index is 11.5. The second kappa shape index (κ2) is 11.8. The highest BCUT2D eigenvalue weighted by Gasteiger charge is 2.17. The van der Waals surface area contributed by atoms with Crippen molar-refractivity contribution in [2.45, 2.75) is 12.8 Å². The van der Waals surface area contributed by atoms with Gasteiger partial charge in [0.15, 0.2) is 0 Å². The van der Waals surface area contributed by atoms with Crippen LogP contribution < -0.4 is 9.47 Å². The van der Waals surface area contributed by atoms with Crippen molar-refractivity contribution >= 4 is 40.0 Å². The van der Waals surface area contributed by atoms with Crippen LogP contribution in [0.15, 0.2) is 115 Å². The Bertz CT molecular complexity index is 1850. The molecular weight excluding hydrogens is 510 g/mol. The summed E-state index contributed by atoms with van der Waals surface area (Å²) in [6, 6.07) is 38.7. The molecular formula is C36H29NO4. The lowest BCUT2D eigenvalue weighted by molar-refractivity contribution is 0.142. The van der Waals surface area contributed by atoms with Gasteiger partial charge >= 0.3 is 6.16 Å². The Morgan fingerprint density at radius 1 is 0.732 bits per heavy atom. The van der Waals surface area contributed by atoms with Gasteiger partial charge in [-0.2, -0.15) is 0 Å². The summed E-state index contributed by atoms with van der Waals surface area (Å²) >= 11 is 0. The van der Waals surface area contributed by atoms with E-state index in [-0.39, 0.29) is 5.88 Å². The molecule has 2 N–H and O–H groups in total. The minimum Gasteiger partial charge on any atom is -0.493 e. The van der Waals surface area contributed by atoms with Crippen LogP contribution in [-0.4, -0.2) is 22.9 Å². The summed E-state index contributed by atoms with van der Waals surface area (Å²) in [6.07, 6.45) is 4.08. The number of hydrogen-bond donors (Lipinski definition) is 2. The Morgan fingerprint density at radius 2 is 1.41 bits per heavy atom. The van der Waals surface area contributed by atoms with Gasteiger partial charge in [-0.15, -0.1) is 0 Å². The third kappa shape index (κ3) is 5.70. The first-order chi connectivity index (χ1) is 20.2. The molecule has 0 saturated carbocycles. The molecule has 5 aromatic carbocycles. The Balaban J connectivity index is 1.26. The van der Waals surface area contributed by atoms with E-state index in [4.69, 9.17) is 9.47 Å². The molecule has 1 aromatic heterocycles. The van der Waals surface area contributed by atoms with Crippen molar-refractivity contribution in [1.82, 2.24) is 4.98 Å². The van der Waals surface area contributed by atoms with Crippen molar-refractivity contribution in [3.8, 4) is 22.8 Å². The molecule has 0 bridgehead atoms. The molecule has 6 rings (SSSR count). The SMILES string of the molecule is O=C(O)Oc1[nH]c2c(/C=C/c3ccccc3-c3ccccc3)cccc2c1CCCOc1cccc2ccccc12. The number of H-pyrrole nitrogens is 1. The number of ether oxygens (including phenoxy) is 2. The molecule has 5 nitrogen and oxygen atoms in total. The molecule has 0 fully saturated rings. The molecule has 0 radical (unpaired) electrons. The number of hydrogen-bond acceptors (Lipinski definition) is 3. The highest BCUT2D eigenvalue weighted by molar-refractivity contribution is 5.95. The van der Waals surface area contributed by atoms with Crippen LogP contribution in [0.5, 0.6) is 11.6 Å². The van der Waals surface area contributed by atoms with Crippen molar-refractivity contribution < 1.29 is 19.4 Å². The van der Waals surface area contributed by atoms with E-state index in [9.17, 15) is 9.90 Å². The highest BCUT2D eigenvalue weighted by atomic mass is 16.7. The normalized spacial score (nSPS) is 11.3. The second-order valence-corrected chi connectivity index (χ2v) is 9.79. The molecule has 41 heavy (non-hydrogen) atoms. The Morgan fingerprint density at radius 3 is 2.29 bits per heavy atom. The molecule has 0 unspecified atom stereocenters. The number of aromatic amines is 1. The fraction of sp³-hybridized carbons (Fsp3) is 0.0833. The number of carbonyl (C=O) groups is 1. The summed E-state index contributed by atoms with van der Waals surface area (Å²) in [5.41, 5.74) is 5.99. The van der Waals surface area contributed by atoms with Gasteiger partial charge in [-0.3, -0.25) is 0 Å². The average Bonchev–Trinajstić information content (AvgIpc) is 3.35. The van der Waals surface area contributed by atoms with E-state index in [1.165, 1.54) is 0 Å². The van der Waals surface area contributed by atoms with Crippen LogP contribution in [0.3, 0.4) is 0 Å².